The lowest BCUT2D eigenvalue weighted by Crippen LogP contribution is -1.88. The van der Waals surface area contributed by atoms with Crippen molar-refractivity contribution in [1.82, 2.24) is 4.98 Å². The fourth-order valence-corrected chi connectivity index (χ4v) is 2.70. The van der Waals surface area contributed by atoms with Crippen molar-refractivity contribution in [2.75, 3.05) is 0 Å². The van der Waals surface area contributed by atoms with Crippen molar-refractivity contribution in [3.05, 3.63) is 51.5 Å². The number of fused-ring (bicyclic) bond motifs is 1. The number of benzene rings is 2. The van der Waals surface area contributed by atoms with Crippen LogP contribution in [-0.2, 0) is 0 Å². The van der Waals surface area contributed by atoms with Crippen molar-refractivity contribution < 1.29 is 13.9 Å². The van der Waals surface area contributed by atoms with Crippen LogP contribution in [0.1, 0.15) is 0 Å². The molecule has 0 aliphatic carbocycles. The van der Waals surface area contributed by atoms with Gasteiger partial charge < -0.3 is 10.1 Å². The van der Waals surface area contributed by atoms with Gasteiger partial charge in [-0.15, -0.1) is 0 Å². The summed E-state index contributed by atoms with van der Waals surface area (Å²) in [6.45, 7) is 0. The molecular weight excluding hydrogens is 352 g/mol. The molecule has 0 bridgehead atoms. The third kappa shape index (κ3) is 2.07. The molecule has 2 nitrogen and oxygen atoms in total. The van der Waals surface area contributed by atoms with Crippen LogP contribution in [0.5, 0.6) is 5.75 Å². The Bertz CT molecular complexity index is 808. The predicted octanol–water partition coefficient (Wildman–Crippen LogP) is 5.23. The van der Waals surface area contributed by atoms with Crippen molar-refractivity contribution in [3.63, 3.8) is 0 Å². The molecule has 0 aliphatic heterocycles. The van der Waals surface area contributed by atoms with E-state index in [2.05, 4.69) is 20.9 Å². The molecule has 0 unspecified atom stereocenters. The average molecular weight is 359 g/mol. The van der Waals surface area contributed by atoms with Crippen molar-refractivity contribution in [2.24, 2.45) is 0 Å². The van der Waals surface area contributed by atoms with Crippen LogP contribution in [0.4, 0.5) is 8.78 Å². The monoisotopic (exact) mass is 357 g/mol. The van der Waals surface area contributed by atoms with Crippen molar-refractivity contribution in [1.29, 1.82) is 0 Å². The van der Waals surface area contributed by atoms with Gasteiger partial charge in [0, 0.05) is 20.4 Å². The number of halogens is 4. The fourth-order valence-electron chi connectivity index (χ4n) is 2.11. The molecule has 0 saturated carbocycles. The van der Waals surface area contributed by atoms with Gasteiger partial charge in [0.2, 0.25) is 0 Å². The van der Waals surface area contributed by atoms with Crippen LogP contribution >= 0.6 is 27.5 Å². The maximum absolute atomic E-state index is 14.4. The zero-order valence-electron chi connectivity index (χ0n) is 9.85. The van der Waals surface area contributed by atoms with E-state index in [9.17, 15) is 13.9 Å². The fraction of sp³-hybridized carbons (Fsp3) is 0. The number of nitrogens with one attached hydrogen (secondary N) is 1. The molecule has 3 aromatic rings. The summed E-state index contributed by atoms with van der Waals surface area (Å²) in [6, 6.07) is 7.10. The van der Waals surface area contributed by atoms with Crippen molar-refractivity contribution >= 4 is 38.4 Å². The van der Waals surface area contributed by atoms with E-state index in [0.29, 0.717) is 15.0 Å². The maximum atomic E-state index is 14.4. The Labute approximate surface area is 126 Å². The molecule has 3 rings (SSSR count). The minimum absolute atomic E-state index is 0.107. The minimum atomic E-state index is -0.728. The molecule has 1 aromatic heterocycles. The number of hydrogen-bond acceptors (Lipinski definition) is 1. The molecule has 2 N–H and O–H groups in total. The summed E-state index contributed by atoms with van der Waals surface area (Å²) in [5, 5.41) is 10.5. The van der Waals surface area contributed by atoms with Crippen LogP contribution in [-0.4, -0.2) is 10.1 Å². The number of hydrogen-bond donors (Lipinski definition) is 2. The lowest BCUT2D eigenvalue weighted by molar-refractivity contribution is 0.470. The van der Waals surface area contributed by atoms with Crippen molar-refractivity contribution in [2.45, 2.75) is 0 Å². The van der Waals surface area contributed by atoms with Gasteiger partial charge in [-0.25, -0.2) is 8.78 Å². The van der Waals surface area contributed by atoms with E-state index in [1.807, 2.05) is 0 Å². The number of aromatic hydroxyl groups is 1. The maximum Gasteiger partial charge on any atom is 0.156 e. The lowest BCUT2D eigenvalue weighted by atomic mass is 10.1. The SMILES string of the molecule is Oc1cc(Br)cc(F)c1-c1[nH]c2ccc(Cl)cc2c1F. The second-order valence-electron chi connectivity index (χ2n) is 4.29. The average Bonchev–Trinajstić information content (AvgIpc) is 2.66. The third-order valence-electron chi connectivity index (χ3n) is 2.98. The number of aromatic amines is 1. The molecule has 0 saturated heterocycles. The van der Waals surface area contributed by atoms with E-state index in [4.69, 9.17) is 11.6 Å². The zero-order valence-corrected chi connectivity index (χ0v) is 12.2. The van der Waals surface area contributed by atoms with Gasteiger partial charge >= 0.3 is 0 Å². The molecule has 0 fully saturated rings. The molecule has 1 heterocycles. The number of phenols is 1. The van der Waals surface area contributed by atoms with E-state index in [0.717, 1.165) is 6.07 Å². The van der Waals surface area contributed by atoms with Crippen molar-refractivity contribution in [3.8, 4) is 17.0 Å². The van der Waals surface area contributed by atoms with Crippen LogP contribution in [0.3, 0.4) is 0 Å². The second kappa shape index (κ2) is 4.75. The number of phenolic OH excluding ortho intramolecular Hbond substituents is 1. The quantitative estimate of drug-likeness (QED) is 0.613. The highest BCUT2D eigenvalue weighted by molar-refractivity contribution is 9.10. The molecule has 0 spiro atoms. The highest BCUT2D eigenvalue weighted by Crippen LogP contribution is 2.38. The van der Waals surface area contributed by atoms with Crippen LogP contribution < -0.4 is 0 Å². The Morgan fingerprint density at radius 3 is 2.60 bits per heavy atom. The van der Waals surface area contributed by atoms with Gasteiger partial charge in [0.15, 0.2) is 5.82 Å². The molecule has 2 aromatic carbocycles. The Morgan fingerprint density at radius 1 is 1.15 bits per heavy atom. The van der Waals surface area contributed by atoms with Crippen LogP contribution in [0.25, 0.3) is 22.2 Å². The van der Waals surface area contributed by atoms with Gasteiger partial charge in [-0.3, -0.25) is 0 Å². The topological polar surface area (TPSA) is 36.0 Å². The van der Waals surface area contributed by atoms with E-state index < -0.39 is 11.6 Å². The summed E-state index contributed by atoms with van der Waals surface area (Å²) in [5.74, 6) is -1.74. The predicted molar refractivity (Wildman–Crippen MR) is 78.0 cm³/mol. The largest absolute Gasteiger partial charge is 0.507 e. The smallest absolute Gasteiger partial charge is 0.156 e. The molecule has 0 aliphatic rings. The molecule has 20 heavy (non-hydrogen) atoms. The van der Waals surface area contributed by atoms with Crippen LogP contribution in [0.2, 0.25) is 5.02 Å². The third-order valence-corrected chi connectivity index (χ3v) is 3.67. The summed E-state index contributed by atoms with van der Waals surface area (Å²) in [5.41, 5.74) is 0.159. The van der Waals surface area contributed by atoms with Gasteiger partial charge in [-0.05, 0) is 30.3 Å². The Balaban J connectivity index is 2.33. The Morgan fingerprint density at radius 2 is 1.90 bits per heavy atom. The Kier molecular flexibility index (Phi) is 3.18. The lowest BCUT2D eigenvalue weighted by Gasteiger charge is -2.05. The zero-order chi connectivity index (χ0) is 14.4. The summed E-state index contributed by atoms with van der Waals surface area (Å²) >= 11 is 8.88. The van der Waals surface area contributed by atoms with E-state index in [-0.39, 0.29) is 22.4 Å². The first kappa shape index (κ1) is 13.4. The number of aromatic nitrogens is 1. The molecule has 0 atom stereocenters. The molecule has 6 heteroatoms. The summed E-state index contributed by atoms with van der Waals surface area (Å²) in [4.78, 5) is 2.76. The van der Waals surface area contributed by atoms with Gasteiger partial charge in [-0.2, -0.15) is 0 Å². The van der Waals surface area contributed by atoms with Gasteiger partial charge in [0.1, 0.15) is 11.6 Å². The first-order valence-electron chi connectivity index (χ1n) is 5.62. The van der Waals surface area contributed by atoms with Gasteiger partial charge in [-0.1, -0.05) is 27.5 Å². The molecule has 0 radical (unpaired) electrons. The first-order valence-corrected chi connectivity index (χ1v) is 6.79. The summed E-state index contributed by atoms with van der Waals surface area (Å²) in [7, 11) is 0. The van der Waals surface area contributed by atoms with E-state index in [1.54, 1.807) is 12.1 Å². The summed E-state index contributed by atoms with van der Waals surface area (Å²) < 4.78 is 28.7. The highest BCUT2D eigenvalue weighted by Gasteiger charge is 2.20. The molecule has 102 valence electrons. The molecular formula is C14H7BrClF2NO. The second-order valence-corrected chi connectivity index (χ2v) is 5.64. The van der Waals surface area contributed by atoms with E-state index in [1.165, 1.54) is 12.1 Å². The first-order chi connectivity index (χ1) is 9.47. The van der Waals surface area contributed by atoms with Gasteiger partial charge in [0.25, 0.3) is 0 Å². The Hall–Kier alpha value is -1.59. The van der Waals surface area contributed by atoms with E-state index >= 15 is 0 Å². The number of rotatable bonds is 1. The van der Waals surface area contributed by atoms with Crippen LogP contribution in [0.15, 0.2) is 34.8 Å². The van der Waals surface area contributed by atoms with Gasteiger partial charge in [0.05, 0.1) is 11.3 Å². The minimum Gasteiger partial charge on any atom is -0.507 e. The summed E-state index contributed by atoms with van der Waals surface area (Å²) in [6.07, 6.45) is 0. The normalized spacial score (nSPS) is 11.2. The van der Waals surface area contributed by atoms with Crippen LogP contribution in [0, 0.1) is 11.6 Å². The number of H-pyrrole nitrogens is 1. The standard InChI is InChI=1S/C14H7BrClF2NO/c15-6-3-9(17)12(11(20)4-6)14-13(18)8-5-7(16)1-2-10(8)19-14/h1-5,19-20H. The highest BCUT2D eigenvalue weighted by atomic mass is 79.9. The molecule has 0 amide bonds.